The van der Waals surface area contributed by atoms with Gasteiger partial charge < -0.3 is 24.9 Å². The van der Waals surface area contributed by atoms with Crippen molar-refractivity contribution >= 4 is 18.4 Å². The van der Waals surface area contributed by atoms with Crippen LogP contribution in [0.2, 0.25) is 0 Å². The molecule has 1 aliphatic carbocycles. The number of carbonyl (C=O) groups is 2. The van der Waals surface area contributed by atoms with E-state index in [1.165, 1.54) is 13.3 Å². The summed E-state index contributed by atoms with van der Waals surface area (Å²) in [5.41, 5.74) is 4.80. The number of primary amides is 1. The van der Waals surface area contributed by atoms with Gasteiger partial charge in [0.2, 0.25) is 0 Å². The van der Waals surface area contributed by atoms with Crippen molar-refractivity contribution in [2.45, 2.75) is 59.0 Å². The minimum Gasteiger partial charge on any atom is -0.495 e. The number of benzene rings is 1. The van der Waals surface area contributed by atoms with Crippen LogP contribution in [0.4, 0.5) is 0 Å². The maximum atomic E-state index is 12.2. The van der Waals surface area contributed by atoms with Gasteiger partial charge in [-0.15, -0.1) is 0 Å². The van der Waals surface area contributed by atoms with E-state index in [9.17, 15) is 14.9 Å². The van der Waals surface area contributed by atoms with Crippen LogP contribution in [0.3, 0.4) is 0 Å². The third kappa shape index (κ3) is 4.03. The summed E-state index contributed by atoms with van der Waals surface area (Å²) in [4.78, 5) is 32.6. The fourth-order valence-corrected chi connectivity index (χ4v) is 6.59. The molecule has 36 heavy (non-hydrogen) atoms. The molecule has 1 amide bonds. The van der Waals surface area contributed by atoms with Crippen molar-refractivity contribution in [3.8, 4) is 17.6 Å². The molecule has 0 bridgehead atoms. The zero-order valence-corrected chi connectivity index (χ0v) is 21.7. The highest BCUT2D eigenvalue weighted by atomic mass is 16.5. The first-order valence-corrected chi connectivity index (χ1v) is 12.3. The Morgan fingerprint density at radius 3 is 2.42 bits per heavy atom. The van der Waals surface area contributed by atoms with Crippen LogP contribution in [0.5, 0.6) is 11.5 Å². The first-order valence-electron chi connectivity index (χ1n) is 12.3. The minimum atomic E-state index is -0.913. The van der Waals surface area contributed by atoms with Gasteiger partial charge in [-0.25, -0.2) is 0 Å². The third-order valence-corrected chi connectivity index (χ3v) is 7.89. The lowest BCUT2D eigenvalue weighted by Crippen LogP contribution is -2.79. The summed E-state index contributed by atoms with van der Waals surface area (Å²) in [7, 11) is 1.52. The molecule has 0 spiro atoms. The molecule has 3 aliphatic rings. The average Bonchev–Trinajstić information content (AvgIpc) is 2.85. The van der Waals surface area contributed by atoms with Crippen molar-refractivity contribution in [1.29, 1.82) is 5.26 Å². The molecule has 9 nitrogen and oxygen atoms in total. The number of aliphatic imine (C=N–C) groups is 1. The van der Waals surface area contributed by atoms with Gasteiger partial charge in [0.05, 0.1) is 18.2 Å². The van der Waals surface area contributed by atoms with Gasteiger partial charge in [-0.3, -0.25) is 14.7 Å². The number of likely N-dealkylation sites (tertiary alicyclic amines) is 1. The Morgan fingerprint density at radius 2 is 1.89 bits per heavy atom. The Hall–Kier alpha value is -3.38. The summed E-state index contributed by atoms with van der Waals surface area (Å²) in [5.74, 6) is 0.463. The van der Waals surface area contributed by atoms with Crippen molar-refractivity contribution in [1.82, 2.24) is 9.80 Å². The zero-order chi connectivity index (χ0) is 26.3. The van der Waals surface area contributed by atoms with E-state index in [2.05, 4.69) is 38.7 Å². The molecule has 1 saturated carbocycles. The predicted molar refractivity (Wildman–Crippen MR) is 135 cm³/mol. The lowest BCUT2D eigenvalue weighted by Gasteiger charge is -2.70. The number of rotatable bonds is 7. The van der Waals surface area contributed by atoms with Gasteiger partial charge in [0, 0.05) is 48.3 Å². The second kappa shape index (κ2) is 9.25. The second-order valence-electron chi connectivity index (χ2n) is 11.2. The number of amides is 1. The number of hydrogen-bond donors (Lipinski definition) is 1. The van der Waals surface area contributed by atoms with Crippen LogP contribution < -0.4 is 15.2 Å². The lowest BCUT2D eigenvalue weighted by molar-refractivity contribution is -0.314. The molecular formula is C27H35N5O4. The number of aldehydes is 1. The summed E-state index contributed by atoms with van der Waals surface area (Å²) < 4.78 is 12.4. The first-order chi connectivity index (χ1) is 17.0. The zero-order valence-electron chi connectivity index (χ0n) is 21.7. The summed E-state index contributed by atoms with van der Waals surface area (Å²) in [6, 6.07) is 7.31. The quantitative estimate of drug-likeness (QED) is 0.580. The largest absolute Gasteiger partial charge is 0.495 e. The summed E-state index contributed by atoms with van der Waals surface area (Å²) in [6.07, 6.45) is 6.28. The van der Waals surface area contributed by atoms with Crippen molar-refractivity contribution in [2.75, 3.05) is 20.2 Å². The number of nitrogens with two attached hydrogens (primary N) is 1. The van der Waals surface area contributed by atoms with Crippen molar-refractivity contribution in [2.24, 2.45) is 27.5 Å². The second-order valence-corrected chi connectivity index (χ2v) is 11.2. The lowest BCUT2D eigenvalue weighted by atomic mass is 9.48. The van der Waals surface area contributed by atoms with E-state index in [1.807, 2.05) is 4.90 Å². The molecule has 192 valence electrons. The molecule has 1 atom stereocenters. The van der Waals surface area contributed by atoms with Gasteiger partial charge in [0.15, 0.2) is 12.0 Å². The Bertz CT molecular complexity index is 1130. The Balaban J connectivity index is 1.82. The van der Waals surface area contributed by atoms with E-state index < -0.39 is 17.9 Å². The topological polar surface area (TPSA) is 121 Å². The molecule has 1 saturated heterocycles. The van der Waals surface area contributed by atoms with E-state index in [0.717, 1.165) is 25.5 Å². The van der Waals surface area contributed by atoms with E-state index in [-0.39, 0.29) is 16.7 Å². The van der Waals surface area contributed by atoms with Crippen LogP contribution in [0.25, 0.3) is 0 Å². The smallest absolute Gasteiger partial charge is 0.251 e. The molecule has 2 N–H and O–H groups in total. The monoisotopic (exact) mass is 493 g/mol. The molecule has 2 fully saturated rings. The van der Waals surface area contributed by atoms with Gasteiger partial charge in [-0.1, -0.05) is 27.7 Å². The molecular weight excluding hydrogens is 458 g/mol. The Labute approximate surface area is 212 Å². The third-order valence-electron chi connectivity index (χ3n) is 7.89. The van der Waals surface area contributed by atoms with Gasteiger partial charge in [0.1, 0.15) is 23.9 Å². The summed E-state index contributed by atoms with van der Waals surface area (Å²) in [5, 5.41) is 9.42. The predicted octanol–water partition coefficient (Wildman–Crippen LogP) is 3.05. The normalized spacial score (nSPS) is 24.7. The number of nitrogens with zero attached hydrogens (tertiary/aromatic N) is 4. The Kier molecular flexibility index (Phi) is 6.60. The van der Waals surface area contributed by atoms with Crippen LogP contribution >= 0.6 is 0 Å². The molecule has 4 rings (SSSR count). The maximum Gasteiger partial charge on any atom is 0.251 e. The maximum absolute atomic E-state index is 12.2. The number of hydrogen-bond acceptors (Lipinski definition) is 8. The highest BCUT2D eigenvalue weighted by Gasteiger charge is 2.72. The van der Waals surface area contributed by atoms with Crippen molar-refractivity contribution in [3.63, 3.8) is 0 Å². The van der Waals surface area contributed by atoms with E-state index >= 15 is 0 Å². The van der Waals surface area contributed by atoms with Crippen LogP contribution in [-0.2, 0) is 9.59 Å². The van der Waals surface area contributed by atoms with Gasteiger partial charge >= 0.3 is 0 Å². The van der Waals surface area contributed by atoms with Crippen LogP contribution in [0.1, 0.15) is 52.5 Å². The van der Waals surface area contributed by atoms with E-state index in [4.69, 9.17) is 20.2 Å². The molecule has 0 radical (unpaired) electrons. The number of nitriles is 1. The highest BCUT2D eigenvalue weighted by molar-refractivity contribution is 6.11. The standard InChI is InChI=1S/C27H35N5O4/c1-25(2)17-26(3,4)27(25,36-21-7-6-19(13-28)22(12-21)35-5)32-15-20(23(29)34)14-30-24(32)31-10-8-18(16-33)9-11-31/h6-7,12,14-16,18,24H,8-11,17H2,1-5H3,(H2,29,34). The molecule has 2 aliphatic heterocycles. The van der Waals surface area contributed by atoms with Crippen molar-refractivity contribution in [3.05, 3.63) is 35.5 Å². The first kappa shape index (κ1) is 25.7. The summed E-state index contributed by atoms with van der Waals surface area (Å²) >= 11 is 0. The summed E-state index contributed by atoms with van der Waals surface area (Å²) in [6.45, 7) is 9.97. The van der Waals surface area contributed by atoms with Crippen LogP contribution in [0, 0.1) is 28.1 Å². The minimum absolute atomic E-state index is 0.0481. The number of piperidine rings is 1. The number of methoxy groups -OCH3 is 1. The van der Waals surface area contributed by atoms with E-state index in [0.29, 0.717) is 35.7 Å². The number of ether oxygens (including phenoxy) is 2. The molecule has 0 aromatic heterocycles. The van der Waals surface area contributed by atoms with Crippen LogP contribution in [0.15, 0.2) is 35.0 Å². The molecule has 2 heterocycles. The number of carbonyl (C=O) groups excluding carboxylic acids is 2. The highest BCUT2D eigenvalue weighted by Crippen LogP contribution is 2.65. The molecule has 1 unspecified atom stereocenters. The fraction of sp³-hybridized carbons (Fsp3) is 0.556. The SMILES string of the molecule is COc1cc(OC2(N3C=C(C(N)=O)C=NC3N3CCC(C=O)CC3)C(C)(C)CC2(C)C)ccc1C#N. The fourth-order valence-electron chi connectivity index (χ4n) is 6.59. The molecule has 1 aromatic carbocycles. The van der Waals surface area contributed by atoms with Crippen molar-refractivity contribution < 1.29 is 19.1 Å². The molecule has 9 heteroatoms. The Morgan fingerprint density at radius 1 is 1.22 bits per heavy atom. The van der Waals surface area contributed by atoms with Gasteiger partial charge in [0.25, 0.3) is 5.91 Å². The molecule has 1 aromatic rings. The van der Waals surface area contributed by atoms with E-state index in [1.54, 1.807) is 24.4 Å². The van der Waals surface area contributed by atoms with Gasteiger partial charge in [-0.05, 0) is 31.4 Å². The van der Waals surface area contributed by atoms with Gasteiger partial charge in [-0.2, -0.15) is 5.26 Å². The van der Waals surface area contributed by atoms with Crippen LogP contribution in [-0.4, -0.2) is 60.4 Å². The average molecular weight is 494 g/mol.